The van der Waals surface area contributed by atoms with Crippen molar-refractivity contribution in [3.05, 3.63) is 92.8 Å². The van der Waals surface area contributed by atoms with Crippen LogP contribution in [0.2, 0.25) is 0 Å². The first kappa shape index (κ1) is 20.0. The predicted molar refractivity (Wildman–Crippen MR) is 119 cm³/mol. The minimum absolute atomic E-state index is 0.0844. The fourth-order valence-corrected chi connectivity index (χ4v) is 4.28. The second-order valence-electron chi connectivity index (χ2n) is 6.87. The number of thiophene rings is 1. The summed E-state index contributed by atoms with van der Waals surface area (Å²) in [6.07, 6.45) is 0.682. The lowest BCUT2D eigenvalue weighted by Gasteiger charge is -2.18. The maximum absolute atomic E-state index is 14.4. The number of methoxy groups -OCH3 is 1. The maximum atomic E-state index is 14.4. The van der Waals surface area contributed by atoms with Gasteiger partial charge in [0.25, 0.3) is 5.56 Å². The second-order valence-corrected chi connectivity index (χ2v) is 7.90. The third-order valence-electron chi connectivity index (χ3n) is 4.99. The van der Waals surface area contributed by atoms with Crippen molar-refractivity contribution >= 4 is 11.3 Å². The first-order valence-electron chi connectivity index (χ1n) is 9.62. The highest BCUT2D eigenvalue weighted by Crippen LogP contribution is 2.32. The summed E-state index contributed by atoms with van der Waals surface area (Å²) in [5, 5.41) is 2.01. The van der Waals surface area contributed by atoms with Crippen molar-refractivity contribution in [2.24, 2.45) is 0 Å². The van der Waals surface area contributed by atoms with E-state index in [9.17, 15) is 9.18 Å². The van der Waals surface area contributed by atoms with Crippen LogP contribution in [0.4, 0.5) is 4.39 Å². The highest BCUT2D eigenvalue weighted by Gasteiger charge is 2.21. The van der Waals surface area contributed by atoms with E-state index in [0.717, 1.165) is 5.56 Å². The van der Waals surface area contributed by atoms with E-state index in [1.54, 1.807) is 28.0 Å². The molecule has 0 saturated carbocycles. The van der Waals surface area contributed by atoms with Crippen LogP contribution in [0.5, 0.6) is 5.75 Å². The zero-order chi connectivity index (χ0) is 21.1. The van der Waals surface area contributed by atoms with Crippen molar-refractivity contribution in [2.45, 2.75) is 19.9 Å². The van der Waals surface area contributed by atoms with Gasteiger partial charge >= 0.3 is 0 Å². The number of ether oxygens (including phenoxy) is 1. The third-order valence-corrected chi connectivity index (χ3v) is 5.92. The molecule has 0 saturated heterocycles. The smallest absolute Gasteiger partial charge is 0.261 e. The Morgan fingerprint density at radius 1 is 1.07 bits per heavy atom. The summed E-state index contributed by atoms with van der Waals surface area (Å²) in [6.45, 7) is 2.24. The van der Waals surface area contributed by atoms with Crippen LogP contribution in [-0.4, -0.2) is 16.7 Å². The zero-order valence-corrected chi connectivity index (χ0v) is 17.6. The van der Waals surface area contributed by atoms with E-state index >= 15 is 0 Å². The molecule has 152 valence electrons. The number of halogens is 1. The summed E-state index contributed by atoms with van der Waals surface area (Å²) < 4.78 is 21.3. The van der Waals surface area contributed by atoms with Crippen LogP contribution in [0, 0.1) is 12.7 Å². The standard InChI is InChI=1S/C24H21FN2O2S/c1-16-21(17-8-4-3-5-9-17)24(28)27(14-13-18-10-7-15-30-18)23(26-16)19-11-6-12-20(25)22(19)29-2/h3-12,15H,13-14H2,1-2H3. The molecule has 0 atom stereocenters. The van der Waals surface area contributed by atoms with E-state index in [1.807, 2.05) is 54.8 Å². The third kappa shape index (κ3) is 3.78. The molecule has 0 aliphatic heterocycles. The Morgan fingerprint density at radius 2 is 1.87 bits per heavy atom. The molecule has 0 bridgehead atoms. The lowest BCUT2D eigenvalue weighted by atomic mass is 10.0. The predicted octanol–water partition coefficient (Wildman–Crippen LogP) is 5.34. The highest BCUT2D eigenvalue weighted by atomic mass is 32.1. The second kappa shape index (κ2) is 8.63. The summed E-state index contributed by atoms with van der Waals surface area (Å²) in [6, 6.07) is 18.2. The largest absolute Gasteiger partial charge is 0.493 e. The molecule has 0 N–H and O–H groups in total. The van der Waals surface area contributed by atoms with Gasteiger partial charge < -0.3 is 4.74 Å². The average Bonchev–Trinajstić information content (AvgIpc) is 3.27. The minimum atomic E-state index is -0.487. The van der Waals surface area contributed by atoms with Gasteiger partial charge in [-0.05, 0) is 42.5 Å². The molecule has 0 unspecified atom stereocenters. The molecule has 4 rings (SSSR count). The van der Waals surface area contributed by atoms with Gasteiger partial charge in [0, 0.05) is 11.4 Å². The first-order chi connectivity index (χ1) is 14.6. The molecule has 0 aliphatic rings. The number of hydrogen-bond donors (Lipinski definition) is 0. The summed E-state index contributed by atoms with van der Waals surface area (Å²) in [5.74, 6) is 0.00469. The molecule has 0 radical (unpaired) electrons. The lowest BCUT2D eigenvalue weighted by Crippen LogP contribution is -2.27. The molecular formula is C24H21FN2O2S. The maximum Gasteiger partial charge on any atom is 0.261 e. The number of rotatable bonds is 6. The zero-order valence-electron chi connectivity index (χ0n) is 16.8. The minimum Gasteiger partial charge on any atom is -0.493 e. The van der Waals surface area contributed by atoms with Crippen molar-refractivity contribution in [3.8, 4) is 28.3 Å². The van der Waals surface area contributed by atoms with Crippen LogP contribution in [0.3, 0.4) is 0 Å². The van der Waals surface area contributed by atoms with E-state index in [0.29, 0.717) is 35.6 Å². The van der Waals surface area contributed by atoms with Crippen LogP contribution in [-0.2, 0) is 13.0 Å². The van der Waals surface area contributed by atoms with Crippen molar-refractivity contribution in [1.29, 1.82) is 0 Å². The molecular weight excluding hydrogens is 399 g/mol. The van der Waals surface area contributed by atoms with E-state index in [1.165, 1.54) is 18.1 Å². The summed E-state index contributed by atoms with van der Waals surface area (Å²) in [5.41, 5.74) is 2.28. The van der Waals surface area contributed by atoms with E-state index < -0.39 is 5.82 Å². The van der Waals surface area contributed by atoms with Gasteiger partial charge in [-0.3, -0.25) is 9.36 Å². The van der Waals surface area contributed by atoms with E-state index in [-0.39, 0.29) is 11.3 Å². The van der Waals surface area contributed by atoms with E-state index in [2.05, 4.69) is 0 Å². The topological polar surface area (TPSA) is 44.1 Å². The van der Waals surface area contributed by atoms with Gasteiger partial charge in [-0.1, -0.05) is 42.5 Å². The van der Waals surface area contributed by atoms with Gasteiger partial charge in [0.2, 0.25) is 0 Å². The molecule has 0 amide bonds. The fraction of sp³-hybridized carbons (Fsp3) is 0.167. The van der Waals surface area contributed by atoms with Gasteiger partial charge in [-0.15, -0.1) is 11.3 Å². The molecule has 4 aromatic rings. The molecule has 2 heterocycles. The summed E-state index contributed by atoms with van der Waals surface area (Å²) in [4.78, 5) is 19.5. The monoisotopic (exact) mass is 420 g/mol. The van der Waals surface area contributed by atoms with Crippen LogP contribution < -0.4 is 10.3 Å². The van der Waals surface area contributed by atoms with Crippen LogP contribution >= 0.6 is 11.3 Å². The number of nitrogens with zero attached hydrogens (tertiary/aromatic N) is 2. The summed E-state index contributed by atoms with van der Waals surface area (Å²) >= 11 is 1.64. The van der Waals surface area contributed by atoms with Gasteiger partial charge in [-0.25, -0.2) is 9.37 Å². The normalized spacial score (nSPS) is 10.9. The van der Waals surface area contributed by atoms with Crippen molar-refractivity contribution in [2.75, 3.05) is 7.11 Å². The molecule has 0 spiro atoms. The van der Waals surface area contributed by atoms with Crippen LogP contribution in [0.1, 0.15) is 10.6 Å². The number of hydrogen-bond acceptors (Lipinski definition) is 4. The van der Waals surface area contributed by atoms with Gasteiger partial charge in [0.1, 0.15) is 5.82 Å². The highest BCUT2D eigenvalue weighted by molar-refractivity contribution is 7.09. The molecule has 2 aromatic heterocycles. The Bertz CT molecular complexity index is 1220. The van der Waals surface area contributed by atoms with Crippen molar-refractivity contribution in [3.63, 3.8) is 0 Å². The molecule has 2 aromatic carbocycles. The molecule has 0 aliphatic carbocycles. The quantitative estimate of drug-likeness (QED) is 0.423. The number of aromatic nitrogens is 2. The van der Waals surface area contributed by atoms with E-state index in [4.69, 9.17) is 9.72 Å². The van der Waals surface area contributed by atoms with Gasteiger partial charge in [0.15, 0.2) is 11.6 Å². The Hall–Kier alpha value is -3.25. The SMILES string of the molecule is COc1c(F)cccc1-c1nc(C)c(-c2ccccc2)c(=O)n1CCc1cccs1. The average molecular weight is 421 g/mol. The molecule has 4 nitrogen and oxygen atoms in total. The molecule has 30 heavy (non-hydrogen) atoms. The Kier molecular flexibility index (Phi) is 5.77. The number of aryl methyl sites for hydroxylation is 2. The Morgan fingerprint density at radius 3 is 2.57 bits per heavy atom. The molecule has 0 fully saturated rings. The van der Waals surface area contributed by atoms with Crippen LogP contribution in [0.25, 0.3) is 22.5 Å². The van der Waals surface area contributed by atoms with Crippen LogP contribution in [0.15, 0.2) is 70.8 Å². The van der Waals surface area contributed by atoms with Crippen molar-refractivity contribution < 1.29 is 9.13 Å². The fourth-order valence-electron chi connectivity index (χ4n) is 3.58. The van der Waals surface area contributed by atoms with Gasteiger partial charge in [0.05, 0.1) is 23.9 Å². The summed E-state index contributed by atoms with van der Waals surface area (Å²) in [7, 11) is 1.42. The Labute approximate surface area is 178 Å². The van der Waals surface area contributed by atoms with Crippen molar-refractivity contribution in [1.82, 2.24) is 9.55 Å². The number of benzene rings is 2. The molecule has 6 heteroatoms. The Balaban J connectivity index is 1.93. The number of para-hydroxylation sites is 1. The first-order valence-corrected chi connectivity index (χ1v) is 10.5. The lowest BCUT2D eigenvalue weighted by molar-refractivity contribution is 0.387. The van der Waals surface area contributed by atoms with Gasteiger partial charge in [-0.2, -0.15) is 0 Å².